The van der Waals surface area contributed by atoms with E-state index in [0.29, 0.717) is 10.6 Å². The molecule has 0 aliphatic rings. The number of carbonyl (C=O) groups excluding carboxylic acids is 1. The zero-order valence-corrected chi connectivity index (χ0v) is 12.4. The molecule has 1 aromatic carbocycles. The number of carboxylic acids is 1. The van der Waals surface area contributed by atoms with E-state index in [2.05, 4.69) is 5.32 Å². The highest BCUT2D eigenvalue weighted by Gasteiger charge is 2.31. The average Bonchev–Trinajstić information content (AvgIpc) is 2.33. The van der Waals surface area contributed by atoms with E-state index in [0.717, 1.165) is 0 Å². The van der Waals surface area contributed by atoms with Crippen molar-refractivity contribution in [1.29, 1.82) is 0 Å². The van der Waals surface area contributed by atoms with Crippen molar-refractivity contribution in [1.82, 2.24) is 5.32 Å². The fourth-order valence-electron chi connectivity index (χ4n) is 1.61. The lowest BCUT2D eigenvalue weighted by Gasteiger charge is -2.27. The van der Waals surface area contributed by atoms with Gasteiger partial charge in [0.2, 0.25) is 5.91 Å². The van der Waals surface area contributed by atoms with Crippen LogP contribution in [0.25, 0.3) is 6.08 Å². The number of benzene rings is 1. The van der Waals surface area contributed by atoms with E-state index in [1.807, 2.05) is 0 Å². The molecule has 2 N–H and O–H groups in total. The Bertz CT molecular complexity index is 532. The van der Waals surface area contributed by atoms with Crippen molar-refractivity contribution in [3.05, 3.63) is 40.9 Å². The van der Waals surface area contributed by atoms with Crippen LogP contribution in [0.4, 0.5) is 0 Å². The van der Waals surface area contributed by atoms with Gasteiger partial charge in [0.15, 0.2) is 0 Å². The lowest BCUT2D eigenvalue weighted by molar-refractivity contribution is -0.144. The molecule has 108 valence electrons. The van der Waals surface area contributed by atoms with Crippen LogP contribution >= 0.6 is 11.6 Å². The Morgan fingerprint density at radius 2 is 1.90 bits per heavy atom. The molecule has 0 aliphatic carbocycles. The number of amides is 1. The lowest BCUT2D eigenvalue weighted by atomic mass is 9.87. The maximum atomic E-state index is 11.8. The van der Waals surface area contributed by atoms with Gasteiger partial charge in [0.1, 0.15) is 6.04 Å². The third-order valence-electron chi connectivity index (χ3n) is 2.72. The predicted molar refractivity (Wildman–Crippen MR) is 79.5 cm³/mol. The summed E-state index contributed by atoms with van der Waals surface area (Å²) < 4.78 is 0. The second kappa shape index (κ2) is 6.57. The Hall–Kier alpha value is -1.81. The van der Waals surface area contributed by atoms with Crippen molar-refractivity contribution in [2.24, 2.45) is 5.41 Å². The normalized spacial score (nSPS) is 13.2. The van der Waals surface area contributed by atoms with Crippen molar-refractivity contribution < 1.29 is 14.7 Å². The number of aliphatic carboxylic acids is 1. The van der Waals surface area contributed by atoms with Crippen LogP contribution in [0.2, 0.25) is 5.02 Å². The molecule has 0 unspecified atom stereocenters. The Balaban J connectivity index is 2.77. The van der Waals surface area contributed by atoms with Crippen LogP contribution < -0.4 is 5.32 Å². The summed E-state index contributed by atoms with van der Waals surface area (Å²) >= 11 is 5.96. The standard InChI is InChI=1S/C15H18ClNO3/c1-15(2,3)13(14(19)20)17-12(18)9-8-10-6-4-5-7-11(10)16/h4-9,13H,1-3H3,(H,17,18)(H,19,20)/b9-8+/t13-/m0/s1. The first-order valence-corrected chi connectivity index (χ1v) is 6.55. The zero-order valence-electron chi connectivity index (χ0n) is 11.7. The quantitative estimate of drug-likeness (QED) is 0.839. The monoisotopic (exact) mass is 295 g/mol. The topological polar surface area (TPSA) is 66.4 Å². The largest absolute Gasteiger partial charge is 0.480 e. The van der Waals surface area contributed by atoms with Gasteiger partial charge in [0, 0.05) is 11.1 Å². The number of rotatable bonds is 4. The third kappa shape index (κ3) is 4.70. The highest BCUT2D eigenvalue weighted by Crippen LogP contribution is 2.20. The maximum Gasteiger partial charge on any atom is 0.326 e. The van der Waals surface area contributed by atoms with Gasteiger partial charge in [-0.2, -0.15) is 0 Å². The van der Waals surface area contributed by atoms with Crippen molar-refractivity contribution >= 4 is 29.6 Å². The van der Waals surface area contributed by atoms with E-state index in [4.69, 9.17) is 16.7 Å². The van der Waals surface area contributed by atoms with Gasteiger partial charge in [0.25, 0.3) is 0 Å². The molecule has 0 spiro atoms. The van der Waals surface area contributed by atoms with E-state index < -0.39 is 23.3 Å². The number of nitrogens with one attached hydrogen (secondary N) is 1. The number of carbonyl (C=O) groups is 2. The summed E-state index contributed by atoms with van der Waals surface area (Å²) in [5.74, 6) is -1.52. The van der Waals surface area contributed by atoms with Crippen LogP contribution in [-0.2, 0) is 9.59 Å². The minimum Gasteiger partial charge on any atom is -0.480 e. The van der Waals surface area contributed by atoms with Gasteiger partial charge in [-0.1, -0.05) is 50.6 Å². The molecule has 0 radical (unpaired) electrons. The molecular weight excluding hydrogens is 278 g/mol. The Morgan fingerprint density at radius 1 is 1.30 bits per heavy atom. The van der Waals surface area contributed by atoms with Crippen molar-refractivity contribution in [3.8, 4) is 0 Å². The number of hydrogen-bond donors (Lipinski definition) is 2. The molecule has 1 atom stereocenters. The molecule has 0 aliphatic heterocycles. The Kier molecular flexibility index (Phi) is 5.34. The second-order valence-electron chi connectivity index (χ2n) is 5.50. The van der Waals surface area contributed by atoms with Gasteiger partial charge in [-0.25, -0.2) is 4.79 Å². The van der Waals surface area contributed by atoms with Crippen LogP contribution in [0.15, 0.2) is 30.3 Å². The molecule has 1 amide bonds. The van der Waals surface area contributed by atoms with Gasteiger partial charge >= 0.3 is 5.97 Å². The van der Waals surface area contributed by atoms with Gasteiger partial charge < -0.3 is 10.4 Å². The predicted octanol–water partition coefficient (Wildman–Crippen LogP) is 2.97. The summed E-state index contributed by atoms with van der Waals surface area (Å²) in [5, 5.41) is 12.1. The van der Waals surface area contributed by atoms with Crippen molar-refractivity contribution in [2.75, 3.05) is 0 Å². The SMILES string of the molecule is CC(C)(C)[C@@H](NC(=O)/C=C/c1ccccc1Cl)C(=O)O. The molecule has 20 heavy (non-hydrogen) atoms. The number of halogens is 1. The summed E-state index contributed by atoms with van der Waals surface area (Å²) in [7, 11) is 0. The van der Waals surface area contributed by atoms with E-state index in [1.54, 1.807) is 51.1 Å². The minimum absolute atomic E-state index is 0.466. The highest BCUT2D eigenvalue weighted by molar-refractivity contribution is 6.32. The van der Waals surface area contributed by atoms with E-state index >= 15 is 0 Å². The third-order valence-corrected chi connectivity index (χ3v) is 3.06. The average molecular weight is 296 g/mol. The highest BCUT2D eigenvalue weighted by atomic mass is 35.5. The molecular formula is C15H18ClNO3. The fourth-order valence-corrected chi connectivity index (χ4v) is 1.81. The summed E-state index contributed by atoms with van der Waals surface area (Å²) in [5.41, 5.74) is 0.131. The molecule has 0 bridgehead atoms. The molecule has 0 aromatic heterocycles. The van der Waals surface area contributed by atoms with E-state index in [1.165, 1.54) is 6.08 Å². The fraction of sp³-hybridized carbons (Fsp3) is 0.333. The molecule has 4 nitrogen and oxygen atoms in total. The van der Waals surface area contributed by atoms with Crippen molar-refractivity contribution in [3.63, 3.8) is 0 Å². The maximum absolute atomic E-state index is 11.8. The van der Waals surface area contributed by atoms with Crippen LogP contribution in [0, 0.1) is 5.41 Å². The molecule has 0 fully saturated rings. The molecule has 0 saturated carbocycles. The first kappa shape index (κ1) is 16.2. The van der Waals surface area contributed by atoms with E-state index in [-0.39, 0.29) is 0 Å². The van der Waals surface area contributed by atoms with Crippen LogP contribution in [0.3, 0.4) is 0 Å². The summed E-state index contributed by atoms with van der Waals surface area (Å²) in [6, 6.07) is 6.13. The summed E-state index contributed by atoms with van der Waals surface area (Å²) in [6.07, 6.45) is 2.84. The first-order valence-electron chi connectivity index (χ1n) is 6.17. The van der Waals surface area contributed by atoms with Gasteiger partial charge in [-0.3, -0.25) is 4.79 Å². The molecule has 1 aromatic rings. The van der Waals surface area contributed by atoms with Crippen LogP contribution in [0.1, 0.15) is 26.3 Å². The number of carboxylic acid groups (broad SMARTS) is 1. The molecule has 1 rings (SSSR count). The number of hydrogen-bond acceptors (Lipinski definition) is 2. The minimum atomic E-state index is -1.06. The summed E-state index contributed by atoms with van der Waals surface area (Å²) in [6.45, 7) is 5.26. The summed E-state index contributed by atoms with van der Waals surface area (Å²) in [4.78, 5) is 22.9. The van der Waals surface area contributed by atoms with Gasteiger partial charge in [-0.15, -0.1) is 0 Å². The van der Waals surface area contributed by atoms with Crippen LogP contribution in [-0.4, -0.2) is 23.0 Å². The van der Waals surface area contributed by atoms with Crippen molar-refractivity contribution in [2.45, 2.75) is 26.8 Å². The Morgan fingerprint density at radius 3 is 2.40 bits per heavy atom. The smallest absolute Gasteiger partial charge is 0.326 e. The van der Waals surface area contributed by atoms with Gasteiger partial charge in [-0.05, 0) is 23.1 Å². The molecule has 0 heterocycles. The van der Waals surface area contributed by atoms with Crippen LogP contribution in [0.5, 0.6) is 0 Å². The van der Waals surface area contributed by atoms with Gasteiger partial charge in [0.05, 0.1) is 0 Å². The molecule has 0 saturated heterocycles. The first-order chi connectivity index (χ1) is 9.21. The lowest BCUT2D eigenvalue weighted by Crippen LogP contribution is -2.48. The zero-order chi connectivity index (χ0) is 15.3. The van der Waals surface area contributed by atoms with E-state index in [9.17, 15) is 9.59 Å². The molecule has 5 heteroatoms. The second-order valence-corrected chi connectivity index (χ2v) is 5.91. The Labute approximate surface area is 123 Å².